The summed E-state index contributed by atoms with van der Waals surface area (Å²) in [5.74, 6) is 0.642. The number of hydrogen-bond donors (Lipinski definition) is 0. The van der Waals surface area contributed by atoms with Gasteiger partial charge in [-0.3, -0.25) is 0 Å². The van der Waals surface area contributed by atoms with E-state index in [9.17, 15) is 4.79 Å². The Morgan fingerprint density at radius 2 is 2.05 bits per heavy atom. The molecule has 0 radical (unpaired) electrons. The molecule has 1 aliphatic rings. The van der Waals surface area contributed by atoms with Crippen molar-refractivity contribution in [1.82, 2.24) is 4.90 Å². The van der Waals surface area contributed by atoms with Crippen LogP contribution in [-0.2, 0) is 11.2 Å². The van der Waals surface area contributed by atoms with Gasteiger partial charge in [-0.1, -0.05) is 11.6 Å². The molecule has 3 nitrogen and oxygen atoms in total. The summed E-state index contributed by atoms with van der Waals surface area (Å²) in [5.41, 5.74) is -0.415. The number of rotatable bonds is 2. The highest BCUT2D eigenvalue weighted by Gasteiger charge is 2.26. The minimum absolute atomic E-state index is 0.185. The van der Waals surface area contributed by atoms with E-state index in [1.807, 2.05) is 31.7 Å². The molecule has 20 heavy (non-hydrogen) atoms. The van der Waals surface area contributed by atoms with Gasteiger partial charge in [-0.25, -0.2) is 4.79 Å². The van der Waals surface area contributed by atoms with E-state index in [2.05, 4.69) is 6.07 Å². The van der Waals surface area contributed by atoms with Crippen molar-refractivity contribution in [2.24, 2.45) is 5.92 Å². The van der Waals surface area contributed by atoms with Crippen molar-refractivity contribution < 1.29 is 9.53 Å². The number of amides is 1. The summed E-state index contributed by atoms with van der Waals surface area (Å²) < 4.78 is 6.26. The molecule has 1 saturated heterocycles. The summed E-state index contributed by atoms with van der Waals surface area (Å²) in [5, 5.41) is 0. The minimum atomic E-state index is -0.415. The van der Waals surface area contributed by atoms with Gasteiger partial charge in [-0.15, -0.1) is 11.3 Å². The number of thiophene rings is 1. The first kappa shape index (κ1) is 15.6. The van der Waals surface area contributed by atoms with E-state index >= 15 is 0 Å². The first-order valence-electron chi connectivity index (χ1n) is 7.05. The Labute approximate surface area is 129 Å². The van der Waals surface area contributed by atoms with Crippen molar-refractivity contribution in [3.63, 3.8) is 0 Å². The predicted octanol–water partition coefficient (Wildman–Crippen LogP) is 4.59. The van der Waals surface area contributed by atoms with Crippen LogP contribution in [0.5, 0.6) is 0 Å². The van der Waals surface area contributed by atoms with Crippen molar-refractivity contribution in [2.75, 3.05) is 13.1 Å². The van der Waals surface area contributed by atoms with E-state index < -0.39 is 5.60 Å². The standard InChI is InChI=1S/C15H22ClNO2S/c1-15(2,3)19-14(18)17-8-6-11(7-9-17)10-12-4-5-13(16)20-12/h4-5,11H,6-10H2,1-3H3. The summed E-state index contributed by atoms with van der Waals surface area (Å²) in [7, 11) is 0. The Bertz CT molecular complexity index is 459. The van der Waals surface area contributed by atoms with E-state index in [4.69, 9.17) is 16.3 Å². The molecule has 1 aliphatic heterocycles. The van der Waals surface area contributed by atoms with Gasteiger partial charge in [0.1, 0.15) is 5.60 Å². The van der Waals surface area contributed by atoms with Crippen molar-refractivity contribution in [2.45, 2.75) is 45.6 Å². The molecule has 0 saturated carbocycles. The number of ether oxygens (including phenoxy) is 1. The van der Waals surface area contributed by atoms with Crippen LogP contribution in [0.15, 0.2) is 12.1 Å². The monoisotopic (exact) mass is 315 g/mol. The molecule has 112 valence electrons. The molecule has 0 unspecified atom stereocenters. The van der Waals surface area contributed by atoms with Gasteiger partial charge in [0.15, 0.2) is 0 Å². The van der Waals surface area contributed by atoms with Crippen LogP contribution >= 0.6 is 22.9 Å². The van der Waals surface area contributed by atoms with Crippen molar-refractivity contribution >= 4 is 29.0 Å². The van der Waals surface area contributed by atoms with Crippen LogP contribution in [0.4, 0.5) is 4.79 Å². The molecule has 0 atom stereocenters. The minimum Gasteiger partial charge on any atom is -0.444 e. The van der Waals surface area contributed by atoms with Gasteiger partial charge in [0.25, 0.3) is 0 Å². The van der Waals surface area contributed by atoms with Gasteiger partial charge < -0.3 is 9.64 Å². The zero-order chi connectivity index (χ0) is 14.8. The lowest BCUT2D eigenvalue weighted by Crippen LogP contribution is -2.42. The lowest BCUT2D eigenvalue weighted by molar-refractivity contribution is 0.0184. The SMILES string of the molecule is CC(C)(C)OC(=O)N1CCC(Cc2ccc(Cl)s2)CC1. The first-order valence-corrected chi connectivity index (χ1v) is 8.25. The summed E-state index contributed by atoms with van der Waals surface area (Å²) in [6.45, 7) is 7.28. The number of hydrogen-bond acceptors (Lipinski definition) is 3. The third kappa shape index (κ3) is 4.67. The van der Waals surface area contributed by atoms with Gasteiger partial charge in [0.2, 0.25) is 0 Å². The zero-order valence-electron chi connectivity index (χ0n) is 12.3. The molecule has 1 aromatic heterocycles. The Morgan fingerprint density at radius 1 is 1.40 bits per heavy atom. The van der Waals surface area contributed by atoms with Gasteiger partial charge in [0, 0.05) is 18.0 Å². The highest BCUT2D eigenvalue weighted by molar-refractivity contribution is 7.16. The molecule has 0 spiro atoms. The molecule has 0 bridgehead atoms. The van der Waals surface area contributed by atoms with Gasteiger partial charge >= 0.3 is 6.09 Å². The Hall–Kier alpha value is -0.740. The predicted molar refractivity (Wildman–Crippen MR) is 83.6 cm³/mol. The van der Waals surface area contributed by atoms with E-state index in [0.29, 0.717) is 5.92 Å². The second-order valence-electron chi connectivity index (χ2n) is 6.32. The maximum absolute atomic E-state index is 12.0. The van der Waals surface area contributed by atoms with Crippen LogP contribution in [0.2, 0.25) is 4.34 Å². The average Bonchev–Trinajstić information content (AvgIpc) is 2.73. The molecule has 0 N–H and O–H groups in total. The lowest BCUT2D eigenvalue weighted by Gasteiger charge is -2.33. The number of halogens is 1. The molecule has 2 rings (SSSR count). The molecule has 0 aromatic carbocycles. The maximum Gasteiger partial charge on any atom is 0.410 e. The summed E-state index contributed by atoms with van der Waals surface area (Å²) in [4.78, 5) is 15.1. The smallest absolute Gasteiger partial charge is 0.410 e. The van der Waals surface area contributed by atoms with E-state index in [-0.39, 0.29) is 6.09 Å². The normalized spacial score (nSPS) is 17.3. The second kappa shape index (κ2) is 6.35. The third-order valence-electron chi connectivity index (χ3n) is 3.38. The number of nitrogens with zero attached hydrogens (tertiary/aromatic N) is 1. The number of likely N-dealkylation sites (tertiary alicyclic amines) is 1. The quantitative estimate of drug-likeness (QED) is 0.798. The summed E-state index contributed by atoms with van der Waals surface area (Å²) >= 11 is 7.61. The molecule has 0 aliphatic carbocycles. The molecule has 2 heterocycles. The van der Waals surface area contributed by atoms with Gasteiger partial charge in [-0.2, -0.15) is 0 Å². The van der Waals surface area contributed by atoms with Crippen LogP contribution in [0.1, 0.15) is 38.5 Å². The number of piperidine rings is 1. The summed E-state index contributed by atoms with van der Waals surface area (Å²) in [6.07, 6.45) is 2.96. The third-order valence-corrected chi connectivity index (χ3v) is 4.64. The van der Waals surface area contributed by atoms with Crippen molar-refractivity contribution in [3.05, 3.63) is 21.3 Å². The molecule has 1 amide bonds. The van der Waals surface area contributed by atoms with Crippen molar-refractivity contribution in [3.8, 4) is 0 Å². The second-order valence-corrected chi connectivity index (χ2v) is 8.12. The van der Waals surface area contributed by atoms with Crippen LogP contribution in [0.25, 0.3) is 0 Å². The lowest BCUT2D eigenvalue weighted by atomic mass is 9.93. The molecule has 1 aromatic rings. The largest absolute Gasteiger partial charge is 0.444 e. The fourth-order valence-electron chi connectivity index (χ4n) is 2.39. The summed E-state index contributed by atoms with van der Waals surface area (Å²) in [6, 6.07) is 4.06. The fourth-order valence-corrected chi connectivity index (χ4v) is 3.59. The van der Waals surface area contributed by atoms with Crippen LogP contribution in [-0.4, -0.2) is 29.7 Å². The maximum atomic E-state index is 12.0. The Kier molecular flexibility index (Phi) is 4.97. The van der Waals surface area contributed by atoms with Crippen LogP contribution in [0, 0.1) is 5.92 Å². The van der Waals surface area contributed by atoms with E-state index in [0.717, 1.165) is 36.7 Å². The molecular weight excluding hydrogens is 294 g/mol. The van der Waals surface area contributed by atoms with E-state index in [1.165, 1.54) is 4.88 Å². The highest BCUT2D eigenvalue weighted by Crippen LogP contribution is 2.28. The van der Waals surface area contributed by atoms with Crippen LogP contribution in [0.3, 0.4) is 0 Å². The first-order chi connectivity index (χ1) is 9.33. The van der Waals surface area contributed by atoms with Gasteiger partial charge in [-0.05, 0) is 58.1 Å². The van der Waals surface area contributed by atoms with Crippen LogP contribution < -0.4 is 0 Å². The zero-order valence-corrected chi connectivity index (χ0v) is 13.9. The molecule has 5 heteroatoms. The Balaban J connectivity index is 1.79. The van der Waals surface area contributed by atoms with Crippen molar-refractivity contribution in [1.29, 1.82) is 0 Å². The number of carbonyl (C=O) groups is 1. The van der Waals surface area contributed by atoms with E-state index in [1.54, 1.807) is 11.3 Å². The fraction of sp³-hybridized carbons (Fsp3) is 0.667. The number of carbonyl (C=O) groups excluding carboxylic acids is 1. The molecule has 1 fully saturated rings. The molecular formula is C15H22ClNO2S. The highest BCUT2D eigenvalue weighted by atomic mass is 35.5. The average molecular weight is 316 g/mol. The Morgan fingerprint density at radius 3 is 2.55 bits per heavy atom. The topological polar surface area (TPSA) is 29.5 Å². The van der Waals surface area contributed by atoms with Gasteiger partial charge in [0.05, 0.1) is 4.34 Å².